The summed E-state index contributed by atoms with van der Waals surface area (Å²) in [6, 6.07) is 14.0. The highest BCUT2D eigenvalue weighted by molar-refractivity contribution is 7.92. The lowest BCUT2D eigenvalue weighted by Crippen LogP contribution is -2.28. The molecule has 0 aliphatic rings. The van der Waals surface area contributed by atoms with Gasteiger partial charge in [0.2, 0.25) is 10.0 Å². The fourth-order valence-corrected chi connectivity index (χ4v) is 2.65. The summed E-state index contributed by atoms with van der Waals surface area (Å²) < 4.78 is 31.0. The van der Waals surface area contributed by atoms with Crippen molar-refractivity contribution in [2.24, 2.45) is 0 Å². The Hall–Kier alpha value is -2.54. The van der Waals surface area contributed by atoms with E-state index < -0.39 is 10.0 Å². The van der Waals surface area contributed by atoms with E-state index in [0.717, 1.165) is 11.3 Å². The van der Waals surface area contributed by atoms with Crippen molar-refractivity contribution >= 4 is 21.6 Å². The lowest BCUT2D eigenvalue weighted by Gasteiger charge is -2.09. The molecule has 2 rings (SSSR count). The zero-order valence-electron chi connectivity index (χ0n) is 14.3. The molecule has 0 aliphatic carbocycles. The summed E-state index contributed by atoms with van der Waals surface area (Å²) in [5.41, 5.74) is 2.04. The number of aryl methyl sites for hydroxylation is 1. The summed E-state index contributed by atoms with van der Waals surface area (Å²) in [7, 11) is -3.32. The molecule has 2 N–H and O–H groups in total. The number of anilines is 1. The number of carbonyl (C=O) groups excluding carboxylic acids is 1. The summed E-state index contributed by atoms with van der Waals surface area (Å²) in [6.07, 6.45) is 0. The summed E-state index contributed by atoms with van der Waals surface area (Å²) in [5, 5.41) is 2.76. The van der Waals surface area contributed by atoms with Gasteiger partial charge < -0.3 is 10.1 Å². The third-order valence-corrected chi connectivity index (χ3v) is 4.78. The zero-order valence-corrected chi connectivity index (χ0v) is 15.1. The van der Waals surface area contributed by atoms with Crippen LogP contribution in [0.3, 0.4) is 0 Å². The molecule has 0 aromatic heterocycles. The highest BCUT2D eigenvalue weighted by Gasteiger charge is 2.08. The Morgan fingerprint density at radius 1 is 1.04 bits per heavy atom. The third kappa shape index (κ3) is 6.11. The Morgan fingerprint density at radius 2 is 1.68 bits per heavy atom. The Balaban J connectivity index is 1.79. The van der Waals surface area contributed by atoms with E-state index in [1.807, 2.05) is 31.2 Å². The fraction of sp³-hybridized carbons (Fsp3) is 0.278. The van der Waals surface area contributed by atoms with Crippen molar-refractivity contribution in [1.82, 2.24) is 5.32 Å². The van der Waals surface area contributed by atoms with E-state index in [4.69, 9.17) is 4.74 Å². The van der Waals surface area contributed by atoms with Gasteiger partial charge in [-0.2, -0.15) is 0 Å². The van der Waals surface area contributed by atoms with Crippen LogP contribution in [-0.4, -0.2) is 33.2 Å². The number of rotatable bonds is 8. The second-order valence-electron chi connectivity index (χ2n) is 5.50. The third-order valence-electron chi connectivity index (χ3n) is 3.48. The van der Waals surface area contributed by atoms with Crippen molar-refractivity contribution in [2.75, 3.05) is 23.6 Å². The molecule has 134 valence electrons. The van der Waals surface area contributed by atoms with Crippen LogP contribution in [0, 0.1) is 6.92 Å². The molecule has 0 fully saturated rings. The van der Waals surface area contributed by atoms with Gasteiger partial charge in [-0.25, -0.2) is 8.42 Å². The highest BCUT2D eigenvalue weighted by Crippen LogP contribution is 2.12. The minimum Gasteiger partial charge on any atom is -0.492 e. The molecule has 6 nitrogen and oxygen atoms in total. The number of amides is 1. The van der Waals surface area contributed by atoms with E-state index in [0.29, 0.717) is 24.4 Å². The Labute approximate surface area is 148 Å². The number of benzene rings is 2. The van der Waals surface area contributed by atoms with Crippen LogP contribution in [0.1, 0.15) is 22.8 Å². The molecule has 2 aromatic carbocycles. The summed E-state index contributed by atoms with van der Waals surface area (Å²) >= 11 is 0. The molecule has 0 radical (unpaired) electrons. The van der Waals surface area contributed by atoms with Crippen molar-refractivity contribution in [2.45, 2.75) is 13.8 Å². The van der Waals surface area contributed by atoms with Crippen molar-refractivity contribution in [1.29, 1.82) is 0 Å². The van der Waals surface area contributed by atoms with Crippen LogP contribution < -0.4 is 14.8 Å². The van der Waals surface area contributed by atoms with Gasteiger partial charge in [-0.05, 0) is 50.2 Å². The van der Waals surface area contributed by atoms with Crippen LogP contribution in [0.15, 0.2) is 48.5 Å². The maximum absolute atomic E-state index is 12.0. The van der Waals surface area contributed by atoms with Crippen molar-refractivity contribution < 1.29 is 17.9 Å². The molecule has 7 heteroatoms. The average Bonchev–Trinajstić information content (AvgIpc) is 2.60. The molecule has 2 aromatic rings. The maximum Gasteiger partial charge on any atom is 0.251 e. The van der Waals surface area contributed by atoms with Crippen LogP contribution in [-0.2, 0) is 10.0 Å². The van der Waals surface area contributed by atoms with E-state index >= 15 is 0 Å². The van der Waals surface area contributed by atoms with Gasteiger partial charge >= 0.3 is 0 Å². The van der Waals surface area contributed by atoms with Crippen molar-refractivity contribution in [3.05, 3.63) is 59.7 Å². The fourth-order valence-electron chi connectivity index (χ4n) is 2.01. The first-order valence-corrected chi connectivity index (χ1v) is 9.63. The van der Waals surface area contributed by atoms with E-state index in [9.17, 15) is 13.2 Å². The minimum atomic E-state index is -3.32. The van der Waals surface area contributed by atoms with Gasteiger partial charge in [-0.15, -0.1) is 0 Å². The first-order valence-electron chi connectivity index (χ1n) is 7.98. The standard InChI is InChI=1S/C18H22N2O4S/c1-3-25(22,23)20-16-8-6-15(7-9-16)18(21)19-12-13-24-17-10-4-14(2)5-11-17/h4-11,20H,3,12-13H2,1-2H3,(H,19,21). The largest absolute Gasteiger partial charge is 0.492 e. The first kappa shape index (κ1) is 18.8. The smallest absolute Gasteiger partial charge is 0.251 e. The molecule has 0 aliphatic heterocycles. The zero-order chi connectivity index (χ0) is 18.3. The quantitative estimate of drug-likeness (QED) is 0.707. The predicted octanol–water partition coefficient (Wildman–Crippen LogP) is 2.57. The van der Waals surface area contributed by atoms with Gasteiger partial charge in [-0.3, -0.25) is 9.52 Å². The molecule has 0 atom stereocenters. The molecular formula is C18H22N2O4S. The van der Waals surface area contributed by atoms with Crippen molar-refractivity contribution in [3.63, 3.8) is 0 Å². The van der Waals surface area contributed by atoms with Crippen LogP contribution in [0.4, 0.5) is 5.69 Å². The maximum atomic E-state index is 12.0. The molecule has 25 heavy (non-hydrogen) atoms. The SMILES string of the molecule is CCS(=O)(=O)Nc1ccc(C(=O)NCCOc2ccc(C)cc2)cc1. The second kappa shape index (κ2) is 8.53. The van der Waals surface area contributed by atoms with E-state index in [-0.39, 0.29) is 11.7 Å². The van der Waals surface area contributed by atoms with Crippen LogP contribution in [0.5, 0.6) is 5.75 Å². The first-order chi connectivity index (χ1) is 11.9. The van der Waals surface area contributed by atoms with Crippen molar-refractivity contribution in [3.8, 4) is 5.75 Å². The predicted molar refractivity (Wildman–Crippen MR) is 98.5 cm³/mol. The molecule has 0 unspecified atom stereocenters. The lowest BCUT2D eigenvalue weighted by atomic mass is 10.2. The molecule has 0 saturated heterocycles. The molecule has 1 amide bonds. The van der Waals surface area contributed by atoms with Gasteiger partial charge in [0.15, 0.2) is 0 Å². The molecule has 0 saturated carbocycles. The number of nitrogens with one attached hydrogen (secondary N) is 2. The summed E-state index contributed by atoms with van der Waals surface area (Å²) in [4.78, 5) is 12.0. The summed E-state index contributed by atoms with van der Waals surface area (Å²) in [5.74, 6) is 0.515. The van der Waals surface area contributed by atoms with Gasteiger partial charge in [0, 0.05) is 11.3 Å². The molecule has 0 heterocycles. The second-order valence-corrected chi connectivity index (χ2v) is 7.51. The van der Waals surface area contributed by atoms with Crippen LogP contribution in [0.2, 0.25) is 0 Å². The van der Waals surface area contributed by atoms with Gasteiger partial charge in [0.1, 0.15) is 12.4 Å². The highest BCUT2D eigenvalue weighted by atomic mass is 32.2. The summed E-state index contributed by atoms with van der Waals surface area (Å²) in [6.45, 7) is 4.30. The average molecular weight is 362 g/mol. The number of sulfonamides is 1. The lowest BCUT2D eigenvalue weighted by molar-refractivity contribution is 0.0947. The molecule has 0 spiro atoms. The molecular weight excluding hydrogens is 340 g/mol. The number of ether oxygens (including phenoxy) is 1. The normalized spacial score (nSPS) is 11.0. The Morgan fingerprint density at radius 3 is 2.28 bits per heavy atom. The van der Waals surface area contributed by atoms with E-state index in [1.54, 1.807) is 31.2 Å². The number of carbonyl (C=O) groups is 1. The topological polar surface area (TPSA) is 84.5 Å². The van der Waals surface area contributed by atoms with Gasteiger partial charge in [-0.1, -0.05) is 17.7 Å². The van der Waals surface area contributed by atoms with E-state index in [1.165, 1.54) is 0 Å². The van der Waals surface area contributed by atoms with Gasteiger partial charge in [0.25, 0.3) is 5.91 Å². The van der Waals surface area contributed by atoms with E-state index in [2.05, 4.69) is 10.0 Å². The number of hydrogen-bond acceptors (Lipinski definition) is 4. The monoisotopic (exact) mass is 362 g/mol. The van der Waals surface area contributed by atoms with Gasteiger partial charge in [0.05, 0.1) is 12.3 Å². The molecule has 0 bridgehead atoms. The number of hydrogen-bond donors (Lipinski definition) is 2. The van der Waals surface area contributed by atoms with Crippen LogP contribution >= 0.6 is 0 Å². The Bertz CT molecular complexity index is 800. The van der Waals surface area contributed by atoms with Crippen LogP contribution in [0.25, 0.3) is 0 Å². The Kier molecular flexibility index (Phi) is 6.41. The minimum absolute atomic E-state index is 0.00375.